The lowest BCUT2D eigenvalue weighted by Gasteiger charge is -2.28. The summed E-state index contributed by atoms with van der Waals surface area (Å²) in [6, 6.07) is 5.27. The van der Waals surface area contributed by atoms with E-state index in [9.17, 15) is 37.2 Å². The molecule has 51 heavy (non-hydrogen) atoms. The Morgan fingerprint density at radius 3 is 2.22 bits per heavy atom. The lowest BCUT2D eigenvalue weighted by molar-refractivity contribution is -0.138. The molecule has 0 bridgehead atoms. The van der Waals surface area contributed by atoms with Crippen molar-refractivity contribution in [2.75, 3.05) is 43.8 Å². The largest absolute Gasteiger partial charge is 0.444 e. The molecule has 5 N–H and O–H groups in total. The molecule has 3 atom stereocenters. The number of nitrogens with zero attached hydrogens (tertiary/aromatic N) is 2. The molecule has 1 saturated heterocycles. The summed E-state index contributed by atoms with van der Waals surface area (Å²) in [5.41, 5.74) is 6.52. The summed E-state index contributed by atoms with van der Waals surface area (Å²) in [5, 5.41) is 8.18. The highest BCUT2D eigenvalue weighted by atomic mass is 32.2. The molecule has 0 aliphatic carbocycles. The highest BCUT2D eigenvalue weighted by Gasteiger charge is 2.29. The van der Waals surface area contributed by atoms with Crippen LogP contribution in [0.15, 0.2) is 36.5 Å². The van der Waals surface area contributed by atoms with Gasteiger partial charge in [0.1, 0.15) is 35.8 Å². The first-order chi connectivity index (χ1) is 23.9. The summed E-state index contributed by atoms with van der Waals surface area (Å²) < 4.78 is 33.4. The number of likely N-dealkylation sites (tertiary alicyclic amines) is 1. The van der Waals surface area contributed by atoms with Crippen LogP contribution in [0.1, 0.15) is 58.4 Å². The zero-order valence-corrected chi connectivity index (χ0v) is 31.2. The number of imide groups is 1. The standard InChI is InChI=1S/C33H50N6O10S2/c1-21(2)30(37-32(44)26(50)8-6-7-15-39-28(41)13-14-29(39)42)22(3)35-23(4)31(43)36-25-11-9-24(10-12-25)18-49-33(45)38(16-17-51(5,46)47)20-48-19-27(34)40/h9-12,21,23,26,30,35,50H,3,6-8,13-20H2,1-2,4-5H3,(H2,34,40)(H,36,43)(H,37,44)/t23?,26?,30-/m0/s1. The van der Waals surface area contributed by atoms with Gasteiger partial charge < -0.3 is 31.2 Å². The summed E-state index contributed by atoms with van der Waals surface area (Å²) in [6.07, 6.45) is 2.30. The summed E-state index contributed by atoms with van der Waals surface area (Å²) >= 11 is 4.45. The van der Waals surface area contributed by atoms with Gasteiger partial charge in [0.15, 0.2) is 0 Å². The average molecular weight is 755 g/mol. The number of amides is 6. The van der Waals surface area contributed by atoms with Gasteiger partial charge in [0.2, 0.25) is 29.5 Å². The average Bonchev–Trinajstić information content (AvgIpc) is 3.37. The number of hydrogen-bond donors (Lipinski definition) is 5. The second-order valence-corrected chi connectivity index (χ2v) is 15.5. The van der Waals surface area contributed by atoms with Crippen LogP contribution in [0.25, 0.3) is 0 Å². The van der Waals surface area contributed by atoms with Crippen molar-refractivity contribution in [2.24, 2.45) is 11.7 Å². The normalized spacial score (nSPS) is 14.8. The SMILES string of the molecule is C=C(NC(C)C(=O)Nc1ccc(COC(=O)N(CCS(C)(=O)=O)COCC(N)=O)cc1)[C@@H](NC(=O)C(S)CCCCN1C(=O)CCC1=O)C(C)C. The molecule has 1 fully saturated rings. The summed E-state index contributed by atoms with van der Waals surface area (Å²) in [4.78, 5) is 75.2. The molecule has 1 aromatic rings. The van der Waals surface area contributed by atoms with E-state index in [1.807, 2.05) is 13.8 Å². The van der Waals surface area contributed by atoms with E-state index in [4.69, 9.17) is 15.2 Å². The van der Waals surface area contributed by atoms with Gasteiger partial charge in [-0.15, -0.1) is 0 Å². The Morgan fingerprint density at radius 1 is 1.02 bits per heavy atom. The number of carbonyl (C=O) groups excluding carboxylic acids is 6. The molecule has 284 valence electrons. The molecule has 2 unspecified atom stereocenters. The first-order valence-corrected chi connectivity index (χ1v) is 19.1. The third kappa shape index (κ3) is 15.7. The van der Waals surface area contributed by atoms with Gasteiger partial charge in [-0.05, 0) is 43.4 Å². The second kappa shape index (κ2) is 20.6. The van der Waals surface area contributed by atoms with E-state index in [0.29, 0.717) is 42.8 Å². The Hall–Kier alpha value is -4.16. The minimum Gasteiger partial charge on any atom is -0.444 e. The van der Waals surface area contributed by atoms with E-state index in [0.717, 1.165) is 11.2 Å². The number of unbranched alkanes of at least 4 members (excludes halogenated alkanes) is 1. The molecule has 1 aliphatic heterocycles. The zero-order chi connectivity index (χ0) is 38.3. The molecule has 1 aliphatic rings. The molecular formula is C33H50N6O10S2. The minimum atomic E-state index is -3.39. The predicted octanol–water partition coefficient (Wildman–Crippen LogP) is 1.32. The van der Waals surface area contributed by atoms with Crippen molar-refractivity contribution in [1.29, 1.82) is 0 Å². The third-order valence-electron chi connectivity index (χ3n) is 7.77. The fraction of sp³-hybridized carbons (Fsp3) is 0.576. The van der Waals surface area contributed by atoms with Gasteiger partial charge in [0.25, 0.3) is 0 Å². The van der Waals surface area contributed by atoms with Gasteiger partial charge in [0, 0.05) is 43.6 Å². The number of benzene rings is 1. The van der Waals surface area contributed by atoms with Gasteiger partial charge in [-0.2, -0.15) is 12.6 Å². The van der Waals surface area contributed by atoms with Crippen LogP contribution in [0, 0.1) is 5.92 Å². The maximum Gasteiger partial charge on any atom is 0.411 e. The Kier molecular flexibility index (Phi) is 17.4. The molecule has 6 amide bonds. The highest BCUT2D eigenvalue weighted by molar-refractivity contribution is 7.90. The monoisotopic (exact) mass is 754 g/mol. The number of carbonyl (C=O) groups is 6. The van der Waals surface area contributed by atoms with E-state index in [2.05, 4.69) is 35.2 Å². The summed E-state index contributed by atoms with van der Waals surface area (Å²) in [6.45, 7) is 8.63. The van der Waals surface area contributed by atoms with Crippen molar-refractivity contribution >= 4 is 63.8 Å². The van der Waals surface area contributed by atoms with Crippen LogP contribution < -0.4 is 21.7 Å². The van der Waals surface area contributed by atoms with Crippen LogP contribution in [0.2, 0.25) is 0 Å². The van der Waals surface area contributed by atoms with Crippen molar-refractivity contribution in [3.8, 4) is 0 Å². The van der Waals surface area contributed by atoms with Crippen molar-refractivity contribution < 1.29 is 46.7 Å². The van der Waals surface area contributed by atoms with Crippen LogP contribution in [0.5, 0.6) is 0 Å². The van der Waals surface area contributed by atoms with Crippen LogP contribution in [-0.4, -0.2) is 110 Å². The smallest absolute Gasteiger partial charge is 0.411 e. The number of sulfone groups is 1. The molecular weight excluding hydrogens is 705 g/mol. The van der Waals surface area contributed by atoms with Crippen molar-refractivity contribution in [3.63, 3.8) is 0 Å². The number of thiol groups is 1. The van der Waals surface area contributed by atoms with E-state index in [1.54, 1.807) is 31.2 Å². The van der Waals surface area contributed by atoms with Gasteiger partial charge >= 0.3 is 6.09 Å². The zero-order valence-electron chi connectivity index (χ0n) is 29.5. The Labute approximate surface area is 304 Å². The van der Waals surface area contributed by atoms with Crippen molar-refractivity contribution in [2.45, 2.75) is 76.8 Å². The summed E-state index contributed by atoms with van der Waals surface area (Å²) in [5.74, 6) is -2.14. The van der Waals surface area contributed by atoms with E-state index >= 15 is 0 Å². The van der Waals surface area contributed by atoms with Gasteiger partial charge in [-0.1, -0.05) is 39.0 Å². The predicted molar refractivity (Wildman–Crippen MR) is 193 cm³/mol. The van der Waals surface area contributed by atoms with Crippen LogP contribution in [0.3, 0.4) is 0 Å². The number of hydrogen-bond acceptors (Lipinski definition) is 12. The van der Waals surface area contributed by atoms with E-state index in [1.165, 1.54) is 4.90 Å². The fourth-order valence-electron chi connectivity index (χ4n) is 4.86. The molecule has 0 radical (unpaired) electrons. The van der Waals surface area contributed by atoms with Gasteiger partial charge in [0.05, 0.1) is 17.0 Å². The Balaban J connectivity index is 1.84. The van der Waals surface area contributed by atoms with Crippen molar-refractivity contribution in [3.05, 3.63) is 42.1 Å². The number of rotatable bonds is 22. The molecule has 16 nitrogen and oxygen atoms in total. The molecule has 2 rings (SSSR count). The second-order valence-electron chi connectivity index (χ2n) is 12.7. The summed E-state index contributed by atoms with van der Waals surface area (Å²) in [7, 11) is -3.39. The third-order valence-corrected chi connectivity index (χ3v) is 9.18. The fourth-order valence-corrected chi connectivity index (χ4v) is 5.67. The van der Waals surface area contributed by atoms with E-state index in [-0.39, 0.29) is 61.3 Å². The lowest BCUT2D eigenvalue weighted by atomic mass is 10.00. The molecule has 0 spiro atoms. The number of anilines is 1. The number of primary amides is 1. The Bertz CT molecular complexity index is 1500. The highest BCUT2D eigenvalue weighted by Crippen LogP contribution is 2.17. The quantitative estimate of drug-likeness (QED) is 0.0492. The topological polar surface area (TPSA) is 224 Å². The maximum absolute atomic E-state index is 13.0. The first kappa shape index (κ1) is 43.0. The minimum absolute atomic E-state index is 0.0620. The number of ether oxygens (including phenoxy) is 2. The Morgan fingerprint density at radius 2 is 1.65 bits per heavy atom. The number of nitrogens with two attached hydrogens (primary N) is 1. The molecule has 0 saturated carbocycles. The molecule has 0 aromatic heterocycles. The molecule has 1 aromatic carbocycles. The maximum atomic E-state index is 13.0. The van der Waals surface area contributed by atoms with E-state index < -0.39 is 52.5 Å². The van der Waals surface area contributed by atoms with Gasteiger partial charge in [-0.3, -0.25) is 33.8 Å². The van der Waals surface area contributed by atoms with Crippen molar-refractivity contribution in [1.82, 2.24) is 20.4 Å². The first-order valence-electron chi connectivity index (χ1n) is 16.5. The molecule has 18 heteroatoms. The molecule has 1 heterocycles. The van der Waals surface area contributed by atoms with Crippen LogP contribution in [0.4, 0.5) is 10.5 Å². The lowest BCUT2D eigenvalue weighted by Crippen LogP contribution is -2.49. The number of nitrogens with one attached hydrogen (secondary N) is 3. The van der Waals surface area contributed by atoms with Gasteiger partial charge in [-0.25, -0.2) is 13.2 Å². The van der Waals surface area contributed by atoms with Crippen LogP contribution in [-0.2, 0) is 49.9 Å². The van der Waals surface area contributed by atoms with Crippen LogP contribution >= 0.6 is 12.6 Å².